The highest BCUT2D eigenvalue weighted by Gasteiger charge is 2.37. The molecule has 0 saturated carbocycles. The number of carbonyl (C=O) groups is 3. The Morgan fingerprint density at radius 2 is 1.85 bits per heavy atom. The predicted molar refractivity (Wildman–Crippen MR) is 130 cm³/mol. The number of nitrogens with zero attached hydrogens (tertiary/aromatic N) is 3. The molecule has 5 rings (SSSR count). The molecule has 1 aliphatic heterocycles. The number of fused-ring (bicyclic) bond motifs is 1. The van der Waals surface area contributed by atoms with Crippen molar-refractivity contribution < 1.29 is 14.4 Å². The van der Waals surface area contributed by atoms with Crippen molar-refractivity contribution in [3.05, 3.63) is 99.8 Å². The molecular formula is C26H20N4O3S. The monoisotopic (exact) mass is 468 g/mol. The van der Waals surface area contributed by atoms with Crippen LogP contribution in [0.3, 0.4) is 0 Å². The quantitative estimate of drug-likeness (QED) is 0.434. The predicted octanol–water partition coefficient (Wildman–Crippen LogP) is 4.55. The molecule has 0 radical (unpaired) electrons. The summed E-state index contributed by atoms with van der Waals surface area (Å²) in [5.74, 6) is -1.15. The summed E-state index contributed by atoms with van der Waals surface area (Å²) in [6.45, 7) is 4.06. The van der Waals surface area contributed by atoms with Crippen LogP contribution < -0.4 is 10.2 Å². The van der Waals surface area contributed by atoms with Crippen molar-refractivity contribution in [2.75, 3.05) is 4.90 Å². The average Bonchev–Trinajstić information content (AvgIpc) is 3.43. The number of aromatic nitrogens is 2. The van der Waals surface area contributed by atoms with Crippen LogP contribution in [0.1, 0.15) is 47.9 Å². The molecule has 4 aromatic rings. The summed E-state index contributed by atoms with van der Waals surface area (Å²) in [6.07, 6.45) is 3.44. The highest BCUT2D eigenvalue weighted by Crippen LogP contribution is 2.32. The van der Waals surface area contributed by atoms with Gasteiger partial charge in [-0.15, -0.1) is 11.3 Å². The molecule has 1 N–H and O–H groups in total. The minimum absolute atomic E-state index is 0.228. The maximum absolute atomic E-state index is 13.1. The van der Waals surface area contributed by atoms with Gasteiger partial charge >= 0.3 is 0 Å². The van der Waals surface area contributed by atoms with E-state index in [0.29, 0.717) is 16.8 Å². The highest BCUT2D eigenvalue weighted by atomic mass is 32.1. The number of pyridine rings is 1. The number of aryl methyl sites for hydroxylation is 1. The SMILES string of the molecule is Cc1cccc(N2C(=O)c3ccc(C(=O)NCc4csc(-c5cccnc5)n4)cc3C2=O)c1C. The molecule has 0 atom stereocenters. The summed E-state index contributed by atoms with van der Waals surface area (Å²) < 4.78 is 0. The lowest BCUT2D eigenvalue weighted by Crippen LogP contribution is -2.30. The van der Waals surface area contributed by atoms with Crippen molar-refractivity contribution >= 4 is 34.7 Å². The van der Waals surface area contributed by atoms with Crippen LogP contribution in [0, 0.1) is 13.8 Å². The number of anilines is 1. The summed E-state index contributed by atoms with van der Waals surface area (Å²) in [5, 5.41) is 5.55. The molecule has 0 aliphatic carbocycles. The van der Waals surface area contributed by atoms with Gasteiger partial charge in [0.2, 0.25) is 0 Å². The van der Waals surface area contributed by atoms with Crippen molar-refractivity contribution in [2.45, 2.75) is 20.4 Å². The zero-order valence-corrected chi connectivity index (χ0v) is 19.3. The number of hydrogen-bond acceptors (Lipinski definition) is 6. The molecule has 0 fully saturated rings. The van der Waals surface area contributed by atoms with Gasteiger partial charge in [0.1, 0.15) is 5.01 Å². The van der Waals surface area contributed by atoms with Crippen LogP contribution in [-0.2, 0) is 6.54 Å². The number of thiazole rings is 1. The van der Waals surface area contributed by atoms with E-state index in [-0.39, 0.29) is 23.9 Å². The number of amides is 3. The fourth-order valence-corrected chi connectivity index (χ4v) is 4.67. The maximum atomic E-state index is 13.1. The van der Waals surface area contributed by atoms with Gasteiger partial charge in [-0.3, -0.25) is 19.4 Å². The van der Waals surface area contributed by atoms with Gasteiger partial charge in [0, 0.05) is 28.9 Å². The molecule has 34 heavy (non-hydrogen) atoms. The molecule has 2 aromatic carbocycles. The summed E-state index contributed by atoms with van der Waals surface area (Å²) in [4.78, 5) is 48.7. The first-order valence-corrected chi connectivity index (χ1v) is 11.5. The number of benzene rings is 2. The Hall–Kier alpha value is -4.17. The first-order valence-electron chi connectivity index (χ1n) is 10.7. The van der Waals surface area contributed by atoms with E-state index >= 15 is 0 Å². The molecule has 2 aromatic heterocycles. The lowest BCUT2D eigenvalue weighted by atomic mass is 10.1. The number of carbonyl (C=O) groups excluding carboxylic acids is 3. The number of imide groups is 1. The third-order valence-electron chi connectivity index (χ3n) is 5.86. The van der Waals surface area contributed by atoms with Crippen LogP contribution in [0.15, 0.2) is 66.3 Å². The van der Waals surface area contributed by atoms with Crippen LogP contribution in [-0.4, -0.2) is 27.7 Å². The van der Waals surface area contributed by atoms with Gasteiger partial charge in [-0.25, -0.2) is 9.88 Å². The minimum atomic E-state index is -0.427. The van der Waals surface area contributed by atoms with Crippen molar-refractivity contribution in [1.82, 2.24) is 15.3 Å². The van der Waals surface area contributed by atoms with Gasteiger partial charge in [-0.1, -0.05) is 12.1 Å². The van der Waals surface area contributed by atoms with Crippen LogP contribution >= 0.6 is 11.3 Å². The lowest BCUT2D eigenvalue weighted by Gasteiger charge is -2.17. The van der Waals surface area contributed by atoms with E-state index in [4.69, 9.17) is 0 Å². The van der Waals surface area contributed by atoms with Crippen LogP contribution in [0.4, 0.5) is 5.69 Å². The minimum Gasteiger partial charge on any atom is -0.346 e. The number of nitrogens with one attached hydrogen (secondary N) is 1. The lowest BCUT2D eigenvalue weighted by molar-refractivity contribution is 0.0923. The summed E-state index contributed by atoms with van der Waals surface area (Å²) in [5.41, 5.74) is 4.89. The third kappa shape index (κ3) is 3.78. The van der Waals surface area contributed by atoms with E-state index in [2.05, 4.69) is 15.3 Å². The Morgan fingerprint density at radius 3 is 2.65 bits per heavy atom. The Labute approximate surface area is 200 Å². The van der Waals surface area contributed by atoms with Crippen molar-refractivity contribution in [3.63, 3.8) is 0 Å². The van der Waals surface area contributed by atoms with Gasteiger partial charge in [0.05, 0.1) is 29.1 Å². The molecule has 0 bridgehead atoms. The second-order valence-corrected chi connectivity index (χ2v) is 8.85. The summed E-state index contributed by atoms with van der Waals surface area (Å²) in [7, 11) is 0. The standard InChI is InChI=1S/C26H20N4O3S/c1-15-5-3-7-22(16(15)2)30-25(32)20-9-8-17(11-21(20)26(30)33)23(31)28-13-19-14-34-24(29-19)18-6-4-10-27-12-18/h3-12,14H,13H2,1-2H3,(H,28,31). The first-order chi connectivity index (χ1) is 16.4. The molecule has 0 saturated heterocycles. The van der Waals surface area contributed by atoms with Gasteiger partial charge < -0.3 is 5.32 Å². The molecule has 3 amide bonds. The van der Waals surface area contributed by atoms with E-state index in [1.54, 1.807) is 30.6 Å². The van der Waals surface area contributed by atoms with E-state index in [1.807, 2.05) is 43.5 Å². The second kappa shape index (κ2) is 8.64. The third-order valence-corrected chi connectivity index (χ3v) is 6.80. The fraction of sp³-hybridized carbons (Fsp3) is 0.115. The van der Waals surface area contributed by atoms with E-state index in [0.717, 1.165) is 27.4 Å². The first kappa shape index (κ1) is 21.7. The Morgan fingerprint density at radius 1 is 1.03 bits per heavy atom. The zero-order valence-electron chi connectivity index (χ0n) is 18.5. The van der Waals surface area contributed by atoms with Gasteiger partial charge in [0.15, 0.2) is 0 Å². The molecule has 8 heteroatoms. The van der Waals surface area contributed by atoms with Crippen LogP contribution in [0.25, 0.3) is 10.6 Å². The smallest absolute Gasteiger partial charge is 0.266 e. The van der Waals surface area contributed by atoms with Gasteiger partial charge in [-0.05, 0) is 61.4 Å². The molecule has 7 nitrogen and oxygen atoms in total. The van der Waals surface area contributed by atoms with Gasteiger partial charge in [0.25, 0.3) is 17.7 Å². The van der Waals surface area contributed by atoms with Gasteiger partial charge in [-0.2, -0.15) is 0 Å². The maximum Gasteiger partial charge on any atom is 0.266 e. The average molecular weight is 469 g/mol. The summed E-state index contributed by atoms with van der Waals surface area (Å²) in [6, 6.07) is 13.9. The van der Waals surface area contributed by atoms with Crippen LogP contribution in [0.5, 0.6) is 0 Å². The highest BCUT2D eigenvalue weighted by molar-refractivity contribution is 7.13. The Bertz CT molecular complexity index is 1450. The van der Waals surface area contributed by atoms with E-state index in [1.165, 1.54) is 22.3 Å². The Kier molecular flexibility index (Phi) is 5.51. The van der Waals surface area contributed by atoms with E-state index < -0.39 is 5.91 Å². The largest absolute Gasteiger partial charge is 0.346 e. The number of rotatable bonds is 5. The molecule has 168 valence electrons. The van der Waals surface area contributed by atoms with Crippen LogP contribution in [0.2, 0.25) is 0 Å². The van der Waals surface area contributed by atoms with Crippen molar-refractivity contribution in [1.29, 1.82) is 0 Å². The van der Waals surface area contributed by atoms with E-state index in [9.17, 15) is 14.4 Å². The molecule has 1 aliphatic rings. The zero-order chi connectivity index (χ0) is 23.8. The molecule has 0 unspecified atom stereocenters. The summed E-state index contributed by atoms with van der Waals surface area (Å²) >= 11 is 1.48. The fourth-order valence-electron chi connectivity index (χ4n) is 3.86. The molecule has 0 spiro atoms. The molecular weight excluding hydrogens is 448 g/mol. The van der Waals surface area contributed by atoms with Crippen molar-refractivity contribution in [2.24, 2.45) is 0 Å². The normalized spacial score (nSPS) is 12.7. The number of hydrogen-bond donors (Lipinski definition) is 1. The second-order valence-electron chi connectivity index (χ2n) is 7.99. The molecule has 3 heterocycles. The topological polar surface area (TPSA) is 92.3 Å². The Balaban J connectivity index is 1.33. The van der Waals surface area contributed by atoms with Crippen molar-refractivity contribution in [3.8, 4) is 10.6 Å².